The molecule has 2 saturated heterocycles. The van der Waals surface area contributed by atoms with Gasteiger partial charge in [0.1, 0.15) is 16.8 Å². The molecule has 228 valence electrons. The van der Waals surface area contributed by atoms with Crippen LogP contribution in [0.3, 0.4) is 0 Å². The number of halogens is 1. The van der Waals surface area contributed by atoms with Gasteiger partial charge < -0.3 is 24.4 Å². The molecule has 1 amide bonds. The van der Waals surface area contributed by atoms with Crippen molar-refractivity contribution in [3.05, 3.63) is 94.5 Å². The van der Waals surface area contributed by atoms with Crippen molar-refractivity contribution in [1.82, 2.24) is 24.8 Å². The predicted molar refractivity (Wildman–Crippen MR) is 171 cm³/mol. The fourth-order valence-electron chi connectivity index (χ4n) is 7.26. The Hall–Kier alpha value is -4.83. The zero-order valence-electron chi connectivity index (χ0n) is 25.0. The molecule has 1 unspecified atom stereocenters. The number of aromatic nitrogens is 3. The summed E-state index contributed by atoms with van der Waals surface area (Å²) in [4.78, 5) is 40.4. The molecule has 3 aliphatic rings. The normalized spacial score (nSPS) is 19.2. The molecule has 2 aromatic heterocycles. The van der Waals surface area contributed by atoms with Crippen LogP contribution in [0.2, 0.25) is 0 Å². The largest absolute Gasteiger partial charge is 0.451 e. The highest BCUT2D eigenvalue weighted by Crippen LogP contribution is 2.48. The van der Waals surface area contributed by atoms with Gasteiger partial charge in [-0.05, 0) is 68.2 Å². The molecule has 0 bridgehead atoms. The minimum Gasteiger partial charge on any atom is -0.451 e. The average Bonchev–Trinajstić information content (AvgIpc) is 3.71. The summed E-state index contributed by atoms with van der Waals surface area (Å²) < 4.78 is 24.6. The van der Waals surface area contributed by atoms with Crippen molar-refractivity contribution in [3.63, 3.8) is 0 Å². The average molecular weight is 605 g/mol. The summed E-state index contributed by atoms with van der Waals surface area (Å²) in [6.45, 7) is 2.63. The standard InChI is InChI=1S/C35H33FN6O3/c1-40-13-4-7-24(40)8-10-39-35(44)26-20-42-29-15-21-5-2-3-6-22(21)16-30(29)45-34-31(42)25(33(26)43)17-27(36)32(34)41-14-9-23(19-41)28-18-37-11-12-38-28/h2-3,5-6,11-12,15-18,20,23-24H,4,7-10,13-14,19H2,1H3,(H,39,44)/t23?,24-/m1/s1. The van der Waals surface area contributed by atoms with Crippen molar-refractivity contribution in [2.45, 2.75) is 37.6 Å². The van der Waals surface area contributed by atoms with Crippen molar-refractivity contribution in [3.8, 4) is 17.2 Å². The summed E-state index contributed by atoms with van der Waals surface area (Å²) in [6.07, 6.45) is 10.5. The van der Waals surface area contributed by atoms with Gasteiger partial charge in [0.05, 0.1) is 16.8 Å². The molecule has 0 aliphatic carbocycles. The van der Waals surface area contributed by atoms with Crippen LogP contribution in [0.1, 0.15) is 47.7 Å². The van der Waals surface area contributed by atoms with Crippen molar-refractivity contribution in [1.29, 1.82) is 0 Å². The highest BCUT2D eigenvalue weighted by molar-refractivity contribution is 6.02. The molecule has 8 rings (SSSR count). The lowest BCUT2D eigenvalue weighted by Gasteiger charge is -2.29. The monoisotopic (exact) mass is 604 g/mol. The highest BCUT2D eigenvalue weighted by atomic mass is 19.1. The molecule has 9 nitrogen and oxygen atoms in total. The van der Waals surface area contributed by atoms with Crippen LogP contribution in [-0.4, -0.2) is 64.6 Å². The van der Waals surface area contributed by atoms with Gasteiger partial charge in [-0.15, -0.1) is 0 Å². The van der Waals surface area contributed by atoms with Gasteiger partial charge in [0, 0.05) is 56.4 Å². The fourth-order valence-corrected chi connectivity index (χ4v) is 7.26. The van der Waals surface area contributed by atoms with E-state index >= 15 is 4.39 Å². The van der Waals surface area contributed by atoms with E-state index in [1.165, 1.54) is 6.07 Å². The number of nitrogens with zero attached hydrogens (tertiary/aromatic N) is 5. The summed E-state index contributed by atoms with van der Waals surface area (Å²) in [7, 11) is 2.10. The van der Waals surface area contributed by atoms with E-state index in [4.69, 9.17) is 4.74 Å². The molecule has 1 N–H and O–H groups in total. The maximum absolute atomic E-state index is 16.3. The number of rotatable bonds is 6. The topological polar surface area (TPSA) is 92.6 Å². The van der Waals surface area contributed by atoms with Gasteiger partial charge in [0.2, 0.25) is 5.43 Å². The van der Waals surface area contributed by atoms with Gasteiger partial charge in [0.15, 0.2) is 17.3 Å². The lowest BCUT2D eigenvalue weighted by molar-refractivity contribution is 0.0949. The van der Waals surface area contributed by atoms with Crippen LogP contribution in [0.4, 0.5) is 10.1 Å². The number of hydrogen-bond donors (Lipinski definition) is 1. The number of nitrogens with one attached hydrogen (secondary N) is 1. The molecule has 3 aliphatic heterocycles. The molecule has 2 fully saturated rings. The Kier molecular flexibility index (Phi) is 6.74. The van der Waals surface area contributed by atoms with Crippen LogP contribution in [0.15, 0.2) is 72.0 Å². The molecule has 5 aromatic rings. The number of fused-ring (bicyclic) bond motifs is 3. The summed E-state index contributed by atoms with van der Waals surface area (Å²) >= 11 is 0. The van der Waals surface area contributed by atoms with Crippen molar-refractivity contribution in [2.75, 3.05) is 38.1 Å². The first-order valence-corrected chi connectivity index (χ1v) is 15.6. The number of ether oxygens (including phenoxy) is 1. The molecular formula is C35H33FN6O3. The molecule has 2 atom stereocenters. The summed E-state index contributed by atoms with van der Waals surface area (Å²) in [5.41, 5.74) is 1.76. The van der Waals surface area contributed by atoms with E-state index in [-0.39, 0.29) is 22.6 Å². The first-order valence-electron chi connectivity index (χ1n) is 15.6. The maximum Gasteiger partial charge on any atom is 0.256 e. The number of likely N-dealkylation sites (tertiary alicyclic amines) is 1. The van der Waals surface area contributed by atoms with Crippen LogP contribution in [0.25, 0.3) is 27.4 Å². The SMILES string of the molecule is CN1CCC[C@@H]1CCNC(=O)c1cn2c3c(c(N4CCC(c5cnccn5)C4)c(F)cc3c1=O)Oc1cc3ccccc3cc1-2. The predicted octanol–water partition coefficient (Wildman–Crippen LogP) is 5.39. The molecular weight excluding hydrogens is 571 g/mol. The van der Waals surface area contributed by atoms with Gasteiger partial charge >= 0.3 is 0 Å². The molecule has 0 spiro atoms. The second-order valence-corrected chi connectivity index (χ2v) is 12.3. The molecule has 0 saturated carbocycles. The Morgan fingerprint density at radius 2 is 1.96 bits per heavy atom. The first-order chi connectivity index (χ1) is 22.0. The lowest BCUT2D eigenvalue weighted by Crippen LogP contribution is -2.34. The smallest absolute Gasteiger partial charge is 0.256 e. The summed E-state index contributed by atoms with van der Waals surface area (Å²) in [6, 6.07) is 13.5. The number of anilines is 1. The van der Waals surface area contributed by atoms with Gasteiger partial charge in [-0.3, -0.25) is 19.6 Å². The van der Waals surface area contributed by atoms with Gasteiger partial charge in [-0.1, -0.05) is 24.3 Å². The second kappa shape index (κ2) is 11.0. The van der Waals surface area contributed by atoms with Crippen LogP contribution in [0, 0.1) is 5.82 Å². The number of benzene rings is 3. The zero-order valence-corrected chi connectivity index (χ0v) is 25.0. The number of hydrogen-bond acceptors (Lipinski definition) is 7. The number of amides is 1. The summed E-state index contributed by atoms with van der Waals surface area (Å²) in [5.74, 6) is -0.137. The quantitative estimate of drug-likeness (QED) is 0.273. The van der Waals surface area contributed by atoms with Crippen LogP contribution in [-0.2, 0) is 0 Å². The minimum absolute atomic E-state index is 0.0229. The molecule has 45 heavy (non-hydrogen) atoms. The Morgan fingerprint density at radius 1 is 1.11 bits per heavy atom. The van der Waals surface area contributed by atoms with Crippen molar-refractivity contribution < 1.29 is 13.9 Å². The third kappa shape index (κ3) is 4.71. The minimum atomic E-state index is -0.563. The van der Waals surface area contributed by atoms with E-state index in [0.717, 1.165) is 48.7 Å². The van der Waals surface area contributed by atoms with Gasteiger partial charge in [-0.2, -0.15) is 0 Å². The Bertz CT molecular complexity index is 2030. The van der Waals surface area contributed by atoms with Gasteiger partial charge in [0.25, 0.3) is 5.91 Å². The Labute approximate surface area is 259 Å². The van der Waals surface area contributed by atoms with Crippen LogP contribution < -0.4 is 20.4 Å². The van der Waals surface area contributed by atoms with Crippen molar-refractivity contribution >= 4 is 33.3 Å². The molecule has 0 radical (unpaired) electrons. The van der Waals surface area contributed by atoms with Gasteiger partial charge in [-0.25, -0.2) is 4.39 Å². The number of pyridine rings is 1. The first kappa shape index (κ1) is 27.7. The Balaban J connectivity index is 1.24. The van der Waals surface area contributed by atoms with E-state index in [1.54, 1.807) is 24.8 Å². The lowest BCUT2D eigenvalue weighted by atomic mass is 10.0. The third-order valence-corrected chi connectivity index (χ3v) is 9.65. The van der Waals surface area contributed by atoms with E-state index < -0.39 is 17.2 Å². The second-order valence-electron chi connectivity index (χ2n) is 12.3. The molecule has 10 heteroatoms. The number of carbonyl (C=O) groups is 1. The van der Waals surface area contributed by atoms with Crippen LogP contribution >= 0.6 is 0 Å². The van der Waals surface area contributed by atoms with Crippen molar-refractivity contribution in [2.24, 2.45) is 0 Å². The van der Waals surface area contributed by atoms with E-state index in [1.807, 2.05) is 45.9 Å². The van der Waals surface area contributed by atoms with E-state index in [9.17, 15) is 9.59 Å². The highest BCUT2D eigenvalue weighted by Gasteiger charge is 2.34. The molecule has 3 aromatic carbocycles. The van der Waals surface area contributed by atoms with E-state index in [2.05, 4.69) is 27.2 Å². The number of carbonyl (C=O) groups excluding carboxylic acids is 1. The fraction of sp³-hybridized carbons (Fsp3) is 0.314. The molecule has 5 heterocycles. The summed E-state index contributed by atoms with van der Waals surface area (Å²) in [5, 5.41) is 5.01. The zero-order chi connectivity index (χ0) is 30.7. The van der Waals surface area contributed by atoms with Crippen LogP contribution in [0.5, 0.6) is 11.5 Å². The van der Waals surface area contributed by atoms with E-state index in [0.29, 0.717) is 48.3 Å². The Morgan fingerprint density at radius 3 is 2.73 bits per heavy atom. The third-order valence-electron chi connectivity index (χ3n) is 9.65. The maximum atomic E-state index is 16.3.